The molecule has 4 heterocycles. The van der Waals surface area contributed by atoms with Gasteiger partial charge >= 0.3 is 6.09 Å². The Kier molecular flexibility index (Phi) is 4.81. The van der Waals surface area contributed by atoms with Crippen LogP contribution in [0, 0.1) is 5.92 Å². The number of amides is 1. The smallest absolute Gasteiger partial charge is 0.411 e. The van der Waals surface area contributed by atoms with Crippen LogP contribution in [0.1, 0.15) is 18.6 Å². The van der Waals surface area contributed by atoms with Crippen molar-refractivity contribution in [1.82, 2.24) is 4.90 Å². The summed E-state index contributed by atoms with van der Waals surface area (Å²) in [6, 6.07) is 11.6. The largest absolute Gasteiger partial charge is 0.469 e. The number of carbonyl (C=O) groups excluding carboxylic acids is 1. The van der Waals surface area contributed by atoms with Crippen molar-refractivity contribution < 1.29 is 13.9 Å². The molecule has 3 saturated heterocycles. The van der Waals surface area contributed by atoms with Gasteiger partial charge in [0.05, 0.1) is 12.3 Å². The molecule has 1 aromatic carbocycles. The van der Waals surface area contributed by atoms with Crippen LogP contribution in [0.15, 0.2) is 51.6 Å². The minimum absolute atomic E-state index is 0.0944. The third-order valence-corrected chi connectivity index (χ3v) is 5.74. The number of fused-ring (bicyclic) bond motifs is 3. The highest BCUT2D eigenvalue weighted by Crippen LogP contribution is 2.36. The van der Waals surface area contributed by atoms with Gasteiger partial charge in [0, 0.05) is 22.5 Å². The van der Waals surface area contributed by atoms with Gasteiger partial charge in [-0.3, -0.25) is 10.2 Å². The van der Waals surface area contributed by atoms with E-state index in [9.17, 15) is 4.79 Å². The van der Waals surface area contributed by atoms with Gasteiger partial charge < -0.3 is 9.15 Å². The molecule has 0 saturated carbocycles. The van der Waals surface area contributed by atoms with Crippen molar-refractivity contribution in [2.75, 3.05) is 18.4 Å². The fourth-order valence-electron chi connectivity index (χ4n) is 3.96. The first-order valence-electron chi connectivity index (χ1n) is 8.69. The number of halogens is 1. The Bertz CT molecular complexity index is 709. The average Bonchev–Trinajstić information content (AvgIpc) is 3.13. The Morgan fingerprint density at radius 2 is 2.00 bits per heavy atom. The summed E-state index contributed by atoms with van der Waals surface area (Å²) in [4.78, 5) is 14.8. The van der Waals surface area contributed by atoms with Crippen molar-refractivity contribution in [2.45, 2.75) is 31.4 Å². The number of hydrogen-bond acceptors (Lipinski definition) is 4. The molecule has 0 radical (unpaired) electrons. The molecule has 1 amide bonds. The van der Waals surface area contributed by atoms with Crippen LogP contribution in [0.5, 0.6) is 0 Å². The second kappa shape index (κ2) is 7.22. The number of hydrogen-bond donors (Lipinski definition) is 1. The number of furan rings is 1. The van der Waals surface area contributed by atoms with Crippen LogP contribution >= 0.6 is 15.9 Å². The quantitative estimate of drug-likeness (QED) is 0.825. The third-order valence-electron chi connectivity index (χ3n) is 5.21. The van der Waals surface area contributed by atoms with E-state index in [-0.39, 0.29) is 18.2 Å². The molecule has 3 fully saturated rings. The lowest BCUT2D eigenvalue weighted by Gasteiger charge is -2.49. The SMILES string of the molecule is O=C(Nc1ccc(Br)cc1)O[C@@H]1C2CCN(CC2)[C@@H]1Cc1ccco1. The number of rotatable bonds is 4. The number of ether oxygens (including phenoxy) is 1. The number of nitrogens with zero attached hydrogens (tertiary/aromatic N) is 1. The summed E-state index contributed by atoms with van der Waals surface area (Å²) in [5, 5.41) is 2.83. The van der Waals surface area contributed by atoms with Gasteiger partial charge in [0.15, 0.2) is 0 Å². The second-order valence-electron chi connectivity index (χ2n) is 6.73. The van der Waals surface area contributed by atoms with Crippen LogP contribution < -0.4 is 5.32 Å². The number of carbonyl (C=O) groups is 1. The van der Waals surface area contributed by atoms with Crippen molar-refractivity contribution in [3.05, 3.63) is 52.9 Å². The van der Waals surface area contributed by atoms with E-state index in [1.54, 1.807) is 6.26 Å². The van der Waals surface area contributed by atoms with Gasteiger partial charge in [-0.25, -0.2) is 4.79 Å². The van der Waals surface area contributed by atoms with Gasteiger partial charge in [-0.2, -0.15) is 0 Å². The lowest BCUT2D eigenvalue weighted by atomic mass is 9.79. The van der Waals surface area contributed by atoms with Crippen LogP contribution in [0.3, 0.4) is 0 Å². The summed E-state index contributed by atoms with van der Waals surface area (Å²) in [5.74, 6) is 1.38. The summed E-state index contributed by atoms with van der Waals surface area (Å²) in [6.07, 6.45) is 4.17. The lowest BCUT2D eigenvalue weighted by Crippen LogP contribution is -2.60. The second-order valence-corrected chi connectivity index (χ2v) is 7.64. The Morgan fingerprint density at radius 3 is 2.68 bits per heavy atom. The summed E-state index contributed by atoms with van der Waals surface area (Å²) < 4.78 is 12.4. The number of nitrogens with one attached hydrogen (secondary N) is 1. The number of benzene rings is 1. The van der Waals surface area contributed by atoms with E-state index in [1.165, 1.54) is 0 Å². The molecule has 6 heteroatoms. The number of anilines is 1. The van der Waals surface area contributed by atoms with Crippen LogP contribution in [0.4, 0.5) is 10.5 Å². The third kappa shape index (κ3) is 3.75. The van der Waals surface area contributed by atoms with Crippen molar-refractivity contribution in [1.29, 1.82) is 0 Å². The minimum atomic E-state index is -0.384. The standard InChI is InChI=1S/C19H21BrN2O3/c20-14-3-5-15(6-4-14)21-19(23)25-18-13-7-9-22(10-8-13)17(18)12-16-2-1-11-24-16/h1-6,11,13,17-18H,7-10,12H2,(H,21,23)/t17-,18-/m1/s1. The highest BCUT2D eigenvalue weighted by atomic mass is 79.9. The minimum Gasteiger partial charge on any atom is -0.469 e. The van der Waals surface area contributed by atoms with Gasteiger partial charge in [0.25, 0.3) is 0 Å². The van der Waals surface area contributed by atoms with E-state index in [4.69, 9.17) is 9.15 Å². The summed E-state index contributed by atoms with van der Waals surface area (Å²) in [7, 11) is 0. The molecule has 2 atom stereocenters. The zero-order valence-corrected chi connectivity index (χ0v) is 15.4. The molecule has 1 N–H and O–H groups in total. The summed E-state index contributed by atoms with van der Waals surface area (Å²) in [5.41, 5.74) is 0.733. The van der Waals surface area contributed by atoms with E-state index in [0.717, 1.165) is 48.3 Å². The zero-order valence-electron chi connectivity index (χ0n) is 13.9. The molecule has 0 aliphatic carbocycles. The van der Waals surface area contributed by atoms with Gasteiger partial charge in [-0.1, -0.05) is 15.9 Å². The van der Waals surface area contributed by atoms with E-state index >= 15 is 0 Å². The van der Waals surface area contributed by atoms with Crippen LogP contribution in [0.2, 0.25) is 0 Å². The molecule has 5 rings (SSSR count). The highest BCUT2D eigenvalue weighted by molar-refractivity contribution is 9.10. The van der Waals surface area contributed by atoms with Crippen LogP contribution in [-0.4, -0.2) is 36.2 Å². The van der Waals surface area contributed by atoms with Crippen LogP contribution in [0.25, 0.3) is 0 Å². The first-order valence-corrected chi connectivity index (χ1v) is 9.48. The molecule has 5 nitrogen and oxygen atoms in total. The maximum absolute atomic E-state index is 12.4. The Labute approximate surface area is 155 Å². The molecule has 2 aromatic rings. The average molecular weight is 405 g/mol. The van der Waals surface area contributed by atoms with Gasteiger partial charge in [-0.15, -0.1) is 0 Å². The maximum Gasteiger partial charge on any atom is 0.411 e. The van der Waals surface area contributed by atoms with E-state index in [2.05, 4.69) is 26.1 Å². The normalized spacial score (nSPS) is 27.9. The first kappa shape index (κ1) is 16.7. The molecule has 3 aliphatic rings. The van der Waals surface area contributed by atoms with Gasteiger partial charge in [-0.05, 0) is 62.3 Å². The Balaban J connectivity index is 1.44. The molecular weight excluding hydrogens is 384 g/mol. The predicted molar refractivity (Wildman–Crippen MR) is 98.5 cm³/mol. The van der Waals surface area contributed by atoms with Crippen molar-refractivity contribution in [3.8, 4) is 0 Å². The fraction of sp³-hybridized carbons (Fsp3) is 0.421. The summed E-state index contributed by atoms with van der Waals surface area (Å²) in [6.45, 7) is 2.15. The molecule has 1 aromatic heterocycles. The molecule has 2 bridgehead atoms. The first-order chi connectivity index (χ1) is 12.2. The predicted octanol–water partition coefficient (Wildman–Crippen LogP) is 4.30. The molecular formula is C19H21BrN2O3. The van der Waals surface area contributed by atoms with Crippen molar-refractivity contribution in [2.24, 2.45) is 5.92 Å². The van der Waals surface area contributed by atoms with E-state index in [0.29, 0.717) is 5.92 Å². The molecule has 3 aliphatic heterocycles. The van der Waals surface area contributed by atoms with Crippen molar-refractivity contribution in [3.63, 3.8) is 0 Å². The van der Waals surface area contributed by atoms with Gasteiger partial charge in [0.2, 0.25) is 0 Å². The molecule has 0 spiro atoms. The maximum atomic E-state index is 12.4. The molecule has 25 heavy (non-hydrogen) atoms. The Morgan fingerprint density at radius 1 is 1.24 bits per heavy atom. The zero-order chi connectivity index (χ0) is 17.2. The Hall–Kier alpha value is -1.79. The van der Waals surface area contributed by atoms with Crippen molar-refractivity contribution >= 4 is 27.7 Å². The summed E-state index contributed by atoms with van der Waals surface area (Å²) >= 11 is 3.39. The lowest BCUT2D eigenvalue weighted by molar-refractivity contribution is -0.0754. The fourth-order valence-corrected chi connectivity index (χ4v) is 4.22. The molecule has 0 unspecified atom stereocenters. The highest BCUT2D eigenvalue weighted by Gasteiger charge is 2.44. The van der Waals surface area contributed by atoms with Gasteiger partial charge in [0.1, 0.15) is 11.9 Å². The monoisotopic (exact) mass is 404 g/mol. The van der Waals surface area contributed by atoms with Crippen LogP contribution in [-0.2, 0) is 11.2 Å². The number of piperidine rings is 3. The van der Waals surface area contributed by atoms with E-state index < -0.39 is 0 Å². The topological polar surface area (TPSA) is 54.7 Å². The van der Waals surface area contributed by atoms with E-state index in [1.807, 2.05) is 36.4 Å². The molecule has 132 valence electrons.